The van der Waals surface area contributed by atoms with E-state index in [1.165, 1.54) is 12.1 Å². The molecule has 0 spiro atoms. The van der Waals surface area contributed by atoms with Crippen LogP contribution in [0.2, 0.25) is 0 Å². The summed E-state index contributed by atoms with van der Waals surface area (Å²) in [5, 5.41) is 17.0. The molecule has 0 heterocycles. The Bertz CT molecular complexity index is 480. The molecule has 0 aromatic heterocycles. The number of rotatable bonds is 9. The number of halogens is 1. The Morgan fingerprint density at radius 3 is 2.52 bits per heavy atom. The van der Waals surface area contributed by atoms with Gasteiger partial charge in [-0.1, -0.05) is 12.1 Å². The second kappa shape index (κ2) is 13.1. The zero-order chi connectivity index (χ0) is 16.2. The average molecular weight is 436 g/mol. The summed E-state index contributed by atoms with van der Waals surface area (Å²) in [6, 6.07) is 6.43. The summed E-state index contributed by atoms with van der Waals surface area (Å²) >= 11 is 0. The molecule has 1 aromatic carbocycles. The van der Waals surface area contributed by atoms with Crippen LogP contribution in [-0.4, -0.2) is 37.2 Å². The number of ether oxygens (including phenoxy) is 1. The molecular weight excluding hydrogens is 411 g/mol. The van der Waals surface area contributed by atoms with Gasteiger partial charge in [-0.2, -0.15) is 0 Å². The molecule has 0 fully saturated rings. The summed E-state index contributed by atoms with van der Waals surface area (Å²) in [4.78, 5) is 14.7. The maximum atomic E-state index is 10.6. The van der Waals surface area contributed by atoms with Crippen molar-refractivity contribution >= 4 is 35.6 Å². The first kappa shape index (κ1) is 21.6. The van der Waals surface area contributed by atoms with E-state index in [2.05, 4.69) is 15.6 Å². The zero-order valence-corrected chi connectivity index (χ0v) is 15.9. The van der Waals surface area contributed by atoms with Crippen molar-refractivity contribution < 1.29 is 9.66 Å². The zero-order valence-electron chi connectivity index (χ0n) is 13.6. The predicted molar refractivity (Wildman–Crippen MR) is 102 cm³/mol. The van der Waals surface area contributed by atoms with Crippen LogP contribution >= 0.6 is 24.0 Å². The molecule has 23 heavy (non-hydrogen) atoms. The van der Waals surface area contributed by atoms with E-state index in [-0.39, 0.29) is 29.7 Å². The van der Waals surface area contributed by atoms with Crippen LogP contribution in [0.4, 0.5) is 5.69 Å². The number of nitrogens with zero attached hydrogens (tertiary/aromatic N) is 2. The molecular formula is C15H25IN4O3. The molecule has 0 saturated carbocycles. The van der Waals surface area contributed by atoms with Gasteiger partial charge in [0.05, 0.1) is 11.5 Å². The molecule has 1 rings (SSSR count). The van der Waals surface area contributed by atoms with Gasteiger partial charge in [-0.25, -0.2) is 4.99 Å². The van der Waals surface area contributed by atoms with Gasteiger partial charge in [0, 0.05) is 38.4 Å². The number of benzene rings is 1. The Labute approximate surface area is 154 Å². The van der Waals surface area contributed by atoms with Crippen molar-refractivity contribution in [2.24, 2.45) is 4.99 Å². The summed E-state index contributed by atoms with van der Waals surface area (Å²) in [5.74, 6) is 0.734. The van der Waals surface area contributed by atoms with Crippen molar-refractivity contribution in [3.8, 4) is 0 Å². The van der Waals surface area contributed by atoms with Gasteiger partial charge in [0.15, 0.2) is 5.96 Å². The fourth-order valence-corrected chi connectivity index (χ4v) is 1.76. The van der Waals surface area contributed by atoms with Gasteiger partial charge in [-0.05, 0) is 25.8 Å². The monoisotopic (exact) mass is 436 g/mol. The SMILES string of the molecule is CCNC(=NCc1ccc([N+](=O)[O-])cc1)NCCCOCC.I. The van der Waals surface area contributed by atoms with Crippen LogP contribution in [0.5, 0.6) is 0 Å². The van der Waals surface area contributed by atoms with Gasteiger partial charge in [0.2, 0.25) is 0 Å². The van der Waals surface area contributed by atoms with Crippen molar-refractivity contribution in [2.75, 3.05) is 26.3 Å². The lowest BCUT2D eigenvalue weighted by molar-refractivity contribution is -0.384. The molecule has 8 heteroatoms. The lowest BCUT2D eigenvalue weighted by Crippen LogP contribution is -2.38. The highest BCUT2D eigenvalue weighted by atomic mass is 127. The van der Waals surface area contributed by atoms with Crippen LogP contribution < -0.4 is 10.6 Å². The van der Waals surface area contributed by atoms with Gasteiger partial charge in [-0.3, -0.25) is 10.1 Å². The minimum atomic E-state index is -0.406. The van der Waals surface area contributed by atoms with E-state index in [0.717, 1.165) is 44.2 Å². The van der Waals surface area contributed by atoms with E-state index in [4.69, 9.17) is 4.74 Å². The summed E-state index contributed by atoms with van der Waals surface area (Å²) in [6.07, 6.45) is 0.912. The lowest BCUT2D eigenvalue weighted by Gasteiger charge is -2.11. The number of nitro groups is 1. The first-order chi connectivity index (χ1) is 10.7. The minimum Gasteiger partial charge on any atom is -0.382 e. The fraction of sp³-hybridized carbons (Fsp3) is 0.533. The van der Waals surface area contributed by atoms with Crippen LogP contribution in [0.25, 0.3) is 0 Å². The average Bonchev–Trinajstić information content (AvgIpc) is 2.52. The number of aliphatic imine (C=N–C) groups is 1. The predicted octanol–water partition coefficient (Wildman–Crippen LogP) is 2.69. The third-order valence-electron chi connectivity index (χ3n) is 2.87. The summed E-state index contributed by atoms with van der Waals surface area (Å²) in [6.45, 7) is 7.47. The van der Waals surface area contributed by atoms with E-state index < -0.39 is 4.92 Å². The Morgan fingerprint density at radius 2 is 1.96 bits per heavy atom. The molecule has 0 unspecified atom stereocenters. The second-order valence-electron chi connectivity index (χ2n) is 4.60. The largest absolute Gasteiger partial charge is 0.382 e. The Balaban J connectivity index is 0.00000484. The molecule has 1 aromatic rings. The van der Waals surface area contributed by atoms with E-state index in [9.17, 15) is 10.1 Å². The fourth-order valence-electron chi connectivity index (χ4n) is 1.76. The molecule has 0 amide bonds. The number of nitrogens with one attached hydrogen (secondary N) is 2. The van der Waals surface area contributed by atoms with Gasteiger partial charge in [0.1, 0.15) is 0 Å². The number of nitro benzene ring substituents is 1. The van der Waals surface area contributed by atoms with Gasteiger partial charge in [0.25, 0.3) is 5.69 Å². The first-order valence-electron chi connectivity index (χ1n) is 7.50. The standard InChI is InChI=1S/C15H24N4O3.HI/c1-3-16-15(17-10-5-11-22-4-2)18-12-13-6-8-14(9-7-13)19(20)21;/h6-9H,3-5,10-12H2,1-2H3,(H2,16,17,18);1H. The first-order valence-corrected chi connectivity index (χ1v) is 7.50. The van der Waals surface area contributed by atoms with E-state index in [0.29, 0.717) is 6.54 Å². The van der Waals surface area contributed by atoms with Crippen molar-refractivity contribution in [3.05, 3.63) is 39.9 Å². The van der Waals surface area contributed by atoms with Crippen LogP contribution in [-0.2, 0) is 11.3 Å². The topological polar surface area (TPSA) is 88.8 Å². The summed E-state index contributed by atoms with van der Waals surface area (Å²) < 4.78 is 5.28. The third-order valence-corrected chi connectivity index (χ3v) is 2.87. The van der Waals surface area contributed by atoms with Crippen LogP contribution in [0.3, 0.4) is 0 Å². The molecule has 7 nitrogen and oxygen atoms in total. The highest BCUT2D eigenvalue weighted by Crippen LogP contribution is 2.12. The van der Waals surface area contributed by atoms with Crippen molar-refractivity contribution in [1.82, 2.24) is 10.6 Å². The molecule has 0 aliphatic rings. The smallest absolute Gasteiger partial charge is 0.269 e. The van der Waals surface area contributed by atoms with Crippen molar-refractivity contribution in [3.63, 3.8) is 0 Å². The minimum absolute atomic E-state index is 0. The highest BCUT2D eigenvalue weighted by Gasteiger charge is 2.03. The molecule has 0 aliphatic heterocycles. The van der Waals surface area contributed by atoms with E-state index in [1.807, 2.05) is 13.8 Å². The van der Waals surface area contributed by atoms with Crippen LogP contribution in [0.1, 0.15) is 25.8 Å². The quantitative estimate of drug-likeness (QED) is 0.155. The Morgan fingerprint density at radius 1 is 1.26 bits per heavy atom. The number of guanidine groups is 1. The van der Waals surface area contributed by atoms with Gasteiger partial charge in [-0.15, -0.1) is 24.0 Å². The maximum Gasteiger partial charge on any atom is 0.269 e. The summed E-state index contributed by atoms with van der Waals surface area (Å²) in [5.41, 5.74) is 1.02. The molecule has 0 atom stereocenters. The van der Waals surface area contributed by atoms with Gasteiger partial charge < -0.3 is 15.4 Å². The van der Waals surface area contributed by atoms with E-state index in [1.54, 1.807) is 12.1 Å². The molecule has 0 saturated heterocycles. The Kier molecular flexibility index (Phi) is 12.3. The molecule has 0 aliphatic carbocycles. The Hall–Kier alpha value is -1.42. The number of hydrogen-bond acceptors (Lipinski definition) is 4. The summed E-state index contributed by atoms with van der Waals surface area (Å²) in [7, 11) is 0. The number of non-ortho nitro benzene ring substituents is 1. The molecule has 0 bridgehead atoms. The normalized spacial score (nSPS) is 10.8. The van der Waals surface area contributed by atoms with Crippen molar-refractivity contribution in [1.29, 1.82) is 0 Å². The lowest BCUT2D eigenvalue weighted by atomic mass is 10.2. The number of hydrogen-bond donors (Lipinski definition) is 2. The van der Waals surface area contributed by atoms with Crippen molar-refractivity contribution in [2.45, 2.75) is 26.8 Å². The van der Waals surface area contributed by atoms with Crippen LogP contribution in [0, 0.1) is 10.1 Å². The third kappa shape index (κ3) is 9.34. The maximum absolute atomic E-state index is 10.6. The van der Waals surface area contributed by atoms with Gasteiger partial charge >= 0.3 is 0 Å². The second-order valence-corrected chi connectivity index (χ2v) is 4.60. The highest BCUT2D eigenvalue weighted by molar-refractivity contribution is 14.0. The molecule has 0 radical (unpaired) electrons. The van der Waals surface area contributed by atoms with E-state index >= 15 is 0 Å². The molecule has 2 N–H and O–H groups in total. The molecule has 130 valence electrons. The van der Waals surface area contributed by atoms with Crippen LogP contribution in [0.15, 0.2) is 29.3 Å².